The van der Waals surface area contributed by atoms with Crippen LogP contribution in [0.1, 0.15) is 58.6 Å². The van der Waals surface area contributed by atoms with Gasteiger partial charge in [0.15, 0.2) is 8.32 Å². The van der Waals surface area contributed by atoms with Gasteiger partial charge in [-0.25, -0.2) is 0 Å². The number of rotatable bonds is 6. The second-order valence-corrected chi connectivity index (χ2v) is 13.2. The van der Waals surface area contributed by atoms with Gasteiger partial charge in [0.05, 0.1) is 11.7 Å². The van der Waals surface area contributed by atoms with E-state index in [1.807, 2.05) is 6.07 Å². The zero-order valence-corrected chi connectivity index (χ0v) is 16.0. The van der Waals surface area contributed by atoms with E-state index in [0.29, 0.717) is 5.92 Å². The molecule has 1 aliphatic carbocycles. The van der Waals surface area contributed by atoms with Crippen LogP contribution in [0, 0.1) is 5.92 Å². The molecule has 3 unspecified atom stereocenters. The normalized spacial score (nSPS) is 26.8. The van der Waals surface area contributed by atoms with Gasteiger partial charge in [-0.3, -0.25) is 0 Å². The van der Waals surface area contributed by atoms with E-state index in [0.717, 1.165) is 19.3 Å². The van der Waals surface area contributed by atoms with Crippen molar-refractivity contribution in [3.63, 3.8) is 0 Å². The van der Waals surface area contributed by atoms with Crippen molar-refractivity contribution in [2.24, 2.45) is 5.92 Å². The van der Waals surface area contributed by atoms with Gasteiger partial charge in [-0.15, -0.1) is 0 Å². The third kappa shape index (κ3) is 3.81. The topological polar surface area (TPSA) is 29.5 Å². The van der Waals surface area contributed by atoms with Crippen LogP contribution in [0.3, 0.4) is 0 Å². The van der Waals surface area contributed by atoms with Crippen molar-refractivity contribution in [1.29, 1.82) is 0 Å². The Labute approximate surface area is 137 Å². The molecule has 22 heavy (non-hydrogen) atoms. The molecule has 0 saturated heterocycles. The fourth-order valence-electron chi connectivity index (χ4n) is 2.89. The van der Waals surface area contributed by atoms with Crippen LogP contribution < -0.4 is 0 Å². The molecule has 0 bridgehead atoms. The van der Waals surface area contributed by atoms with Crippen molar-refractivity contribution in [3.8, 4) is 0 Å². The summed E-state index contributed by atoms with van der Waals surface area (Å²) in [5, 5.41) is 10.9. The molecule has 0 spiro atoms. The summed E-state index contributed by atoms with van der Waals surface area (Å²) >= 11 is 0. The number of benzene rings is 1. The molecule has 1 saturated carbocycles. The van der Waals surface area contributed by atoms with Gasteiger partial charge < -0.3 is 9.53 Å². The molecule has 0 aromatic heterocycles. The summed E-state index contributed by atoms with van der Waals surface area (Å²) in [6, 6.07) is 10.4. The molecule has 1 fully saturated rings. The average Bonchev–Trinajstić information content (AvgIpc) is 3.08. The summed E-state index contributed by atoms with van der Waals surface area (Å²) < 4.78 is 6.68. The largest absolute Gasteiger partial charge is 0.410 e. The lowest BCUT2D eigenvalue weighted by Crippen LogP contribution is -2.42. The van der Waals surface area contributed by atoms with Crippen molar-refractivity contribution < 1.29 is 9.53 Å². The molecular weight excluding hydrogens is 288 g/mol. The van der Waals surface area contributed by atoms with Crippen LogP contribution in [0.15, 0.2) is 30.3 Å². The van der Waals surface area contributed by atoms with E-state index in [4.69, 9.17) is 4.43 Å². The van der Waals surface area contributed by atoms with Gasteiger partial charge >= 0.3 is 0 Å². The monoisotopic (exact) mass is 320 g/mol. The SMILES string of the molecule is CCC1CC1(O)CC(O[Si](C)(C)C(C)(C)C)c1ccccc1. The van der Waals surface area contributed by atoms with Crippen LogP contribution >= 0.6 is 0 Å². The molecule has 0 heterocycles. The minimum Gasteiger partial charge on any atom is -0.410 e. The molecule has 2 rings (SSSR count). The molecule has 1 aliphatic rings. The Morgan fingerprint density at radius 2 is 1.86 bits per heavy atom. The third-order valence-corrected chi connectivity index (χ3v) is 10.1. The first-order valence-electron chi connectivity index (χ1n) is 8.54. The summed E-state index contributed by atoms with van der Waals surface area (Å²) in [4.78, 5) is 0. The maximum absolute atomic E-state index is 10.8. The molecular formula is C19H32O2Si. The highest BCUT2D eigenvalue weighted by Gasteiger charge is 2.53. The van der Waals surface area contributed by atoms with Gasteiger partial charge in [0.2, 0.25) is 0 Å². The molecule has 0 amide bonds. The highest BCUT2D eigenvalue weighted by atomic mass is 28.4. The minimum absolute atomic E-state index is 0.00337. The first-order chi connectivity index (χ1) is 10.1. The van der Waals surface area contributed by atoms with E-state index in [1.54, 1.807) is 0 Å². The number of hydrogen-bond donors (Lipinski definition) is 1. The van der Waals surface area contributed by atoms with E-state index in [1.165, 1.54) is 5.56 Å². The van der Waals surface area contributed by atoms with Gasteiger partial charge in [-0.1, -0.05) is 64.4 Å². The lowest BCUT2D eigenvalue weighted by molar-refractivity contribution is 0.0574. The summed E-state index contributed by atoms with van der Waals surface area (Å²) in [5.74, 6) is 0.446. The molecule has 1 N–H and O–H groups in total. The van der Waals surface area contributed by atoms with Gasteiger partial charge in [-0.2, -0.15) is 0 Å². The summed E-state index contributed by atoms with van der Waals surface area (Å²) in [5.41, 5.74) is 0.681. The van der Waals surface area contributed by atoms with Crippen LogP contribution in [0.5, 0.6) is 0 Å². The Kier molecular flexibility index (Phi) is 4.91. The molecule has 3 heteroatoms. The quantitative estimate of drug-likeness (QED) is 0.721. The fraction of sp³-hybridized carbons (Fsp3) is 0.684. The van der Waals surface area contributed by atoms with Gasteiger partial charge in [0, 0.05) is 6.42 Å². The smallest absolute Gasteiger partial charge is 0.192 e. The Bertz CT molecular complexity index is 492. The molecule has 0 radical (unpaired) electrons. The highest BCUT2D eigenvalue weighted by Crippen LogP contribution is 2.52. The average molecular weight is 321 g/mol. The second-order valence-electron chi connectivity index (χ2n) is 8.39. The van der Waals surface area contributed by atoms with Crippen LogP contribution in [0.4, 0.5) is 0 Å². The van der Waals surface area contributed by atoms with E-state index in [9.17, 15) is 5.11 Å². The van der Waals surface area contributed by atoms with Crippen molar-refractivity contribution in [3.05, 3.63) is 35.9 Å². The van der Waals surface area contributed by atoms with Gasteiger partial charge in [0.25, 0.3) is 0 Å². The molecule has 1 aromatic carbocycles. The maximum Gasteiger partial charge on any atom is 0.192 e. The van der Waals surface area contributed by atoms with E-state index < -0.39 is 13.9 Å². The van der Waals surface area contributed by atoms with E-state index in [2.05, 4.69) is 65.1 Å². The Hall–Kier alpha value is -0.643. The number of hydrogen-bond acceptors (Lipinski definition) is 2. The summed E-state index contributed by atoms with van der Waals surface area (Å²) in [6.07, 6.45) is 2.71. The first-order valence-corrected chi connectivity index (χ1v) is 11.4. The van der Waals surface area contributed by atoms with Crippen LogP contribution in [0.25, 0.3) is 0 Å². The van der Waals surface area contributed by atoms with Crippen molar-refractivity contribution >= 4 is 8.32 Å². The lowest BCUT2D eigenvalue weighted by atomic mass is 10.0. The molecule has 3 atom stereocenters. The summed E-state index contributed by atoms with van der Waals surface area (Å²) in [6.45, 7) is 13.5. The molecule has 1 aromatic rings. The predicted octanol–water partition coefficient (Wildman–Crippen LogP) is 5.30. The minimum atomic E-state index is -1.87. The van der Waals surface area contributed by atoms with Crippen molar-refractivity contribution in [1.82, 2.24) is 0 Å². The van der Waals surface area contributed by atoms with Crippen molar-refractivity contribution in [2.75, 3.05) is 0 Å². The zero-order chi connectivity index (χ0) is 16.6. The number of aliphatic hydroxyl groups is 1. The third-order valence-electron chi connectivity index (χ3n) is 5.65. The van der Waals surface area contributed by atoms with Crippen LogP contribution in [-0.2, 0) is 4.43 Å². The zero-order valence-electron chi connectivity index (χ0n) is 15.0. The van der Waals surface area contributed by atoms with Crippen molar-refractivity contribution in [2.45, 2.75) is 76.8 Å². The first kappa shape index (κ1) is 17.7. The van der Waals surface area contributed by atoms with Crippen LogP contribution in [0.2, 0.25) is 18.1 Å². The Morgan fingerprint density at radius 1 is 1.27 bits per heavy atom. The summed E-state index contributed by atoms with van der Waals surface area (Å²) in [7, 11) is -1.87. The maximum atomic E-state index is 10.8. The molecule has 0 aliphatic heterocycles. The highest BCUT2D eigenvalue weighted by molar-refractivity contribution is 6.74. The molecule has 2 nitrogen and oxygen atoms in total. The lowest BCUT2D eigenvalue weighted by Gasteiger charge is -2.40. The predicted molar refractivity (Wildman–Crippen MR) is 95.4 cm³/mol. The fourth-order valence-corrected chi connectivity index (χ4v) is 4.18. The van der Waals surface area contributed by atoms with Gasteiger partial charge in [0.1, 0.15) is 0 Å². The van der Waals surface area contributed by atoms with Gasteiger partial charge in [-0.05, 0) is 36.0 Å². The Balaban J connectivity index is 2.20. The Morgan fingerprint density at radius 3 is 2.32 bits per heavy atom. The molecule has 124 valence electrons. The van der Waals surface area contributed by atoms with Crippen LogP contribution in [-0.4, -0.2) is 19.0 Å². The van der Waals surface area contributed by atoms with E-state index >= 15 is 0 Å². The second kappa shape index (κ2) is 6.10. The standard InChI is InChI=1S/C19H32O2Si/c1-7-16-13-19(16,20)14-17(15-11-9-8-10-12-15)21-22(5,6)18(2,3)4/h8-12,16-17,20H,7,13-14H2,1-6H3. The van der Waals surface area contributed by atoms with E-state index in [-0.39, 0.29) is 11.1 Å².